The lowest BCUT2D eigenvalue weighted by Crippen LogP contribution is -2.38. The first-order chi connectivity index (χ1) is 13.6. The molecule has 5 nitrogen and oxygen atoms in total. The van der Waals surface area contributed by atoms with Crippen LogP contribution >= 0.6 is 0 Å². The quantitative estimate of drug-likeness (QED) is 0.503. The van der Waals surface area contributed by atoms with Crippen LogP contribution in [0.1, 0.15) is 23.6 Å². The van der Waals surface area contributed by atoms with Gasteiger partial charge in [0.2, 0.25) is 0 Å². The zero-order chi connectivity index (χ0) is 19.8. The Balaban J connectivity index is 1.62. The number of halogens is 1. The average molecular weight is 379 g/mol. The Morgan fingerprint density at radius 3 is 2.39 bits per heavy atom. The Morgan fingerprint density at radius 1 is 1.07 bits per heavy atom. The molecule has 0 saturated heterocycles. The van der Waals surface area contributed by atoms with E-state index in [0.29, 0.717) is 13.1 Å². The van der Waals surface area contributed by atoms with Crippen molar-refractivity contribution in [3.8, 4) is 0 Å². The molecule has 1 aromatic heterocycles. The minimum Gasteiger partial charge on any atom is -0.357 e. The second kappa shape index (κ2) is 9.69. The molecule has 0 unspecified atom stereocenters. The van der Waals surface area contributed by atoms with E-state index in [1.807, 2.05) is 36.0 Å². The standard InChI is InChI=1S/C22H26FN5/c1-3-25-22(27(2)15-19-8-10-21(23)11-9-19)26-14-18-4-6-20(7-5-18)16-28-13-12-24-17-28/h4-13,17H,3,14-16H2,1-2H3,(H,25,26). The van der Waals surface area contributed by atoms with E-state index in [0.717, 1.165) is 30.2 Å². The molecule has 1 N–H and O–H groups in total. The van der Waals surface area contributed by atoms with Gasteiger partial charge in [-0.3, -0.25) is 0 Å². The molecule has 3 rings (SSSR count). The third kappa shape index (κ3) is 5.67. The SMILES string of the molecule is CCNC(=NCc1ccc(Cn2ccnc2)cc1)N(C)Cc1ccc(F)cc1. The van der Waals surface area contributed by atoms with Crippen molar-refractivity contribution >= 4 is 5.96 Å². The number of aromatic nitrogens is 2. The van der Waals surface area contributed by atoms with Gasteiger partial charge in [-0.1, -0.05) is 36.4 Å². The molecule has 0 aliphatic heterocycles. The van der Waals surface area contributed by atoms with Crippen LogP contribution < -0.4 is 5.32 Å². The first-order valence-electron chi connectivity index (χ1n) is 9.41. The number of imidazole rings is 1. The fraction of sp³-hybridized carbons (Fsp3) is 0.273. The minimum atomic E-state index is -0.219. The molecule has 0 amide bonds. The van der Waals surface area contributed by atoms with E-state index in [1.165, 1.54) is 17.7 Å². The fourth-order valence-corrected chi connectivity index (χ4v) is 2.92. The highest BCUT2D eigenvalue weighted by molar-refractivity contribution is 5.79. The maximum absolute atomic E-state index is 13.1. The highest BCUT2D eigenvalue weighted by Crippen LogP contribution is 2.09. The first-order valence-corrected chi connectivity index (χ1v) is 9.41. The lowest BCUT2D eigenvalue weighted by molar-refractivity contribution is 0.476. The van der Waals surface area contributed by atoms with Gasteiger partial charge in [0.1, 0.15) is 5.82 Å². The fourth-order valence-electron chi connectivity index (χ4n) is 2.92. The Labute approximate surface area is 165 Å². The molecule has 146 valence electrons. The summed E-state index contributed by atoms with van der Waals surface area (Å²) in [6, 6.07) is 15.0. The molecular weight excluding hydrogens is 353 g/mol. The summed E-state index contributed by atoms with van der Waals surface area (Å²) >= 11 is 0. The number of hydrogen-bond acceptors (Lipinski definition) is 2. The van der Waals surface area contributed by atoms with Crippen molar-refractivity contribution in [1.82, 2.24) is 19.8 Å². The van der Waals surface area contributed by atoms with E-state index in [2.05, 4.69) is 34.6 Å². The van der Waals surface area contributed by atoms with Crippen molar-refractivity contribution in [1.29, 1.82) is 0 Å². The summed E-state index contributed by atoms with van der Waals surface area (Å²) in [5, 5.41) is 3.32. The maximum Gasteiger partial charge on any atom is 0.194 e. The third-order valence-corrected chi connectivity index (χ3v) is 4.39. The Morgan fingerprint density at radius 2 is 1.75 bits per heavy atom. The predicted octanol–water partition coefficient (Wildman–Crippen LogP) is 3.67. The van der Waals surface area contributed by atoms with Crippen LogP contribution in [0.15, 0.2) is 72.2 Å². The van der Waals surface area contributed by atoms with Gasteiger partial charge in [0.15, 0.2) is 5.96 Å². The van der Waals surface area contributed by atoms with E-state index in [-0.39, 0.29) is 5.82 Å². The highest BCUT2D eigenvalue weighted by atomic mass is 19.1. The van der Waals surface area contributed by atoms with E-state index in [4.69, 9.17) is 4.99 Å². The molecule has 3 aromatic rings. The van der Waals surface area contributed by atoms with Crippen molar-refractivity contribution in [2.75, 3.05) is 13.6 Å². The molecule has 2 aromatic carbocycles. The summed E-state index contributed by atoms with van der Waals surface area (Å²) in [5.74, 6) is 0.609. The summed E-state index contributed by atoms with van der Waals surface area (Å²) < 4.78 is 15.1. The smallest absolute Gasteiger partial charge is 0.194 e. The molecule has 0 atom stereocenters. The molecule has 0 fully saturated rings. The second-order valence-corrected chi connectivity index (χ2v) is 6.70. The van der Waals surface area contributed by atoms with Crippen molar-refractivity contribution in [2.24, 2.45) is 4.99 Å². The second-order valence-electron chi connectivity index (χ2n) is 6.70. The van der Waals surface area contributed by atoms with Crippen LogP contribution in [0.4, 0.5) is 4.39 Å². The van der Waals surface area contributed by atoms with E-state index in [9.17, 15) is 4.39 Å². The lowest BCUT2D eigenvalue weighted by atomic mass is 10.1. The van der Waals surface area contributed by atoms with Crippen molar-refractivity contribution < 1.29 is 4.39 Å². The van der Waals surface area contributed by atoms with Crippen LogP contribution in [0.5, 0.6) is 0 Å². The molecule has 28 heavy (non-hydrogen) atoms. The Bertz CT molecular complexity index is 870. The highest BCUT2D eigenvalue weighted by Gasteiger charge is 2.07. The molecule has 6 heteroatoms. The molecule has 0 bridgehead atoms. The Kier molecular flexibility index (Phi) is 6.78. The van der Waals surface area contributed by atoms with Crippen LogP contribution in [-0.2, 0) is 19.6 Å². The number of nitrogens with one attached hydrogen (secondary N) is 1. The van der Waals surface area contributed by atoms with Crippen LogP contribution in [0.3, 0.4) is 0 Å². The van der Waals surface area contributed by atoms with Crippen molar-refractivity contribution in [3.05, 3.63) is 89.8 Å². The number of nitrogens with zero attached hydrogens (tertiary/aromatic N) is 4. The predicted molar refractivity (Wildman–Crippen MR) is 110 cm³/mol. The lowest BCUT2D eigenvalue weighted by Gasteiger charge is -2.22. The molecule has 1 heterocycles. The van der Waals surface area contributed by atoms with Gasteiger partial charge in [-0.2, -0.15) is 0 Å². The van der Waals surface area contributed by atoms with Gasteiger partial charge in [0.25, 0.3) is 0 Å². The molecule has 0 aliphatic rings. The zero-order valence-corrected chi connectivity index (χ0v) is 16.3. The van der Waals surface area contributed by atoms with Crippen LogP contribution in [0.2, 0.25) is 0 Å². The van der Waals surface area contributed by atoms with Gasteiger partial charge >= 0.3 is 0 Å². The van der Waals surface area contributed by atoms with Gasteiger partial charge in [0, 0.05) is 39.1 Å². The van der Waals surface area contributed by atoms with Crippen LogP contribution in [-0.4, -0.2) is 34.0 Å². The number of guanidine groups is 1. The normalized spacial score (nSPS) is 11.5. The zero-order valence-electron chi connectivity index (χ0n) is 16.3. The summed E-state index contributed by atoms with van der Waals surface area (Å²) in [6.07, 6.45) is 5.56. The van der Waals surface area contributed by atoms with Crippen LogP contribution in [0.25, 0.3) is 0 Å². The molecular formula is C22H26FN5. The summed E-state index contributed by atoms with van der Waals surface area (Å²) in [5.41, 5.74) is 3.42. The molecule has 0 spiro atoms. The number of hydrogen-bond donors (Lipinski definition) is 1. The number of aliphatic imine (C=N–C) groups is 1. The largest absolute Gasteiger partial charge is 0.357 e. The Hall–Kier alpha value is -3.15. The molecule has 0 saturated carbocycles. The topological polar surface area (TPSA) is 45.5 Å². The van der Waals surface area contributed by atoms with E-state index < -0.39 is 0 Å². The van der Waals surface area contributed by atoms with E-state index >= 15 is 0 Å². The summed E-state index contributed by atoms with van der Waals surface area (Å²) in [4.78, 5) is 10.9. The van der Waals surface area contributed by atoms with Crippen molar-refractivity contribution in [3.63, 3.8) is 0 Å². The van der Waals surface area contributed by atoms with Crippen molar-refractivity contribution in [2.45, 2.75) is 26.6 Å². The van der Waals surface area contributed by atoms with Gasteiger partial charge in [-0.25, -0.2) is 14.4 Å². The average Bonchev–Trinajstić information content (AvgIpc) is 3.21. The number of rotatable bonds is 7. The van der Waals surface area contributed by atoms with Gasteiger partial charge < -0.3 is 14.8 Å². The first kappa shape index (κ1) is 19.6. The molecule has 0 radical (unpaired) electrons. The van der Waals surface area contributed by atoms with Gasteiger partial charge in [-0.05, 0) is 35.7 Å². The molecule has 0 aliphatic carbocycles. The number of benzene rings is 2. The van der Waals surface area contributed by atoms with Crippen LogP contribution in [0, 0.1) is 5.82 Å². The van der Waals surface area contributed by atoms with E-state index in [1.54, 1.807) is 18.3 Å². The summed E-state index contributed by atoms with van der Waals surface area (Å²) in [6.45, 7) is 4.91. The summed E-state index contributed by atoms with van der Waals surface area (Å²) in [7, 11) is 1.99. The van der Waals surface area contributed by atoms with Gasteiger partial charge in [-0.15, -0.1) is 0 Å². The maximum atomic E-state index is 13.1. The third-order valence-electron chi connectivity index (χ3n) is 4.39. The monoisotopic (exact) mass is 379 g/mol. The minimum absolute atomic E-state index is 0.219. The van der Waals surface area contributed by atoms with Gasteiger partial charge in [0.05, 0.1) is 12.9 Å².